The van der Waals surface area contributed by atoms with E-state index in [9.17, 15) is 19.2 Å². The van der Waals surface area contributed by atoms with Crippen molar-refractivity contribution < 1.29 is 38.1 Å². The molecule has 0 bridgehead atoms. The number of nitrogens with zero attached hydrogens (tertiary/aromatic N) is 2. The molecule has 2 aliphatic heterocycles. The van der Waals surface area contributed by atoms with Gasteiger partial charge in [0.1, 0.15) is 40.8 Å². The Hall–Kier alpha value is -4.78. The maximum absolute atomic E-state index is 14.5. The summed E-state index contributed by atoms with van der Waals surface area (Å²) in [5, 5.41) is 6.51. The van der Waals surface area contributed by atoms with Gasteiger partial charge < -0.3 is 34.5 Å². The van der Waals surface area contributed by atoms with Crippen LogP contribution >= 0.6 is 11.8 Å². The Labute approximate surface area is 314 Å². The van der Waals surface area contributed by atoms with E-state index in [2.05, 4.69) is 10.6 Å². The average Bonchev–Trinajstić information content (AvgIpc) is 3.66. The molecule has 5 atom stereocenters. The fraction of sp³-hybridized carbons (Fsp3) is 0.475. The maximum atomic E-state index is 14.5. The van der Waals surface area contributed by atoms with Crippen LogP contribution in [0.4, 0.5) is 4.79 Å². The Bertz CT molecular complexity index is 1860. The first-order valence-corrected chi connectivity index (χ1v) is 19.3. The third kappa shape index (κ3) is 8.89. The van der Waals surface area contributed by atoms with E-state index in [0.29, 0.717) is 29.1 Å². The number of amides is 3. The molecule has 3 heterocycles. The number of benzene rings is 2. The van der Waals surface area contributed by atoms with Gasteiger partial charge in [0, 0.05) is 41.2 Å². The summed E-state index contributed by atoms with van der Waals surface area (Å²) in [7, 11) is 1.59. The number of aromatic nitrogens is 1. The molecule has 6 rings (SSSR count). The van der Waals surface area contributed by atoms with E-state index in [-0.39, 0.29) is 31.2 Å². The second-order valence-corrected chi connectivity index (χ2v) is 15.7. The summed E-state index contributed by atoms with van der Waals surface area (Å²) >= 11 is 1.55. The van der Waals surface area contributed by atoms with Gasteiger partial charge in [0.25, 0.3) is 0 Å². The van der Waals surface area contributed by atoms with Crippen LogP contribution in [0.15, 0.2) is 66.7 Å². The molecular formula is C40H48N4O8S. The highest BCUT2D eigenvalue weighted by molar-refractivity contribution is 7.99. The van der Waals surface area contributed by atoms with Gasteiger partial charge in [-0.05, 0) is 64.8 Å². The number of methoxy groups -OCH3 is 1. The number of rotatable bonds is 7. The van der Waals surface area contributed by atoms with Crippen LogP contribution in [0, 0.1) is 5.92 Å². The smallest absolute Gasteiger partial charge is 0.408 e. The topological polar surface area (TPSA) is 145 Å². The van der Waals surface area contributed by atoms with E-state index in [1.165, 1.54) is 4.90 Å². The third-order valence-corrected chi connectivity index (χ3v) is 10.6. The van der Waals surface area contributed by atoms with Gasteiger partial charge in [0.2, 0.25) is 11.8 Å². The zero-order valence-corrected chi connectivity index (χ0v) is 31.7. The van der Waals surface area contributed by atoms with Crippen LogP contribution in [0.2, 0.25) is 0 Å². The monoisotopic (exact) mass is 744 g/mol. The summed E-state index contributed by atoms with van der Waals surface area (Å²) in [6, 6.07) is 15.2. The number of fused-ring (bicyclic) bond motifs is 3. The molecule has 1 saturated carbocycles. The minimum atomic E-state index is -1.22. The summed E-state index contributed by atoms with van der Waals surface area (Å²) in [5.74, 6) is 0.559. The van der Waals surface area contributed by atoms with Gasteiger partial charge >= 0.3 is 12.1 Å². The van der Waals surface area contributed by atoms with Crippen molar-refractivity contribution in [2.75, 3.05) is 31.8 Å². The average molecular weight is 745 g/mol. The quantitative estimate of drug-likeness (QED) is 0.229. The molecule has 3 aromatic rings. The van der Waals surface area contributed by atoms with Gasteiger partial charge in [0.05, 0.1) is 31.5 Å². The van der Waals surface area contributed by atoms with Crippen molar-refractivity contribution in [1.29, 1.82) is 0 Å². The number of carbonyl (C=O) groups is 4. The minimum Gasteiger partial charge on any atom is -0.497 e. The molecule has 53 heavy (non-hydrogen) atoms. The molecule has 5 unspecified atom stereocenters. The molecule has 12 nitrogen and oxygen atoms in total. The van der Waals surface area contributed by atoms with Gasteiger partial charge in [-0.15, -0.1) is 0 Å². The van der Waals surface area contributed by atoms with Crippen LogP contribution in [0.25, 0.3) is 22.2 Å². The van der Waals surface area contributed by atoms with Gasteiger partial charge in [-0.3, -0.25) is 9.59 Å². The zero-order chi connectivity index (χ0) is 37.8. The molecule has 0 spiro atoms. The first-order valence-electron chi connectivity index (χ1n) is 18.1. The first-order chi connectivity index (χ1) is 25.4. The number of hydrogen-bond donors (Lipinski definition) is 2. The van der Waals surface area contributed by atoms with E-state index in [0.717, 1.165) is 29.5 Å². The predicted octanol–water partition coefficient (Wildman–Crippen LogP) is 5.67. The lowest BCUT2D eigenvalue weighted by molar-refractivity contribution is -0.150. The Morgan fingerprint density at radius 1 is 1.11 bits per heavy atom. The highest BCUT2D eigenvalue weighted by atomic mass is 32.2. The Morgan fingerprint density at radius 3 is 2.64 bits per heavy atom. The number of ether oxygens (including phenoxy) is 4. The van der Waals surface area contributed by atoms with Crippen LogP contribution < -0.4 is 20.1 Å². The lowest BCUT2D eigenvalue weighted by Gasteiger charge is -2.30. The molecule has 2 fully saturated rings. The number of hydrogen-bond acceptors (Lipinski definition) is 10. The van der Waals surface area contributed by atoms with Crippen molar-refractivity contribution in [2.45, 2.75) is 82.7 Å². The molecule has 1 aromatic heterocycles. The minimum absolute atomic E-state index is 0.0600. The van der Waals surface area contributed by atoms with Crippen LogP contribution in [-0.4, -0.2) is 94.9 Å². The van der Waals surface area contributed by atoms with E-state index in [1.54, 1.807) is 46.6 Å². The second kappa shape index (κ2) is 16.1. The van der Waals surface area contributed by atoms with Crippen molar-refractivity contribution in [3.63, 3.8) is 0 Å². The number of allylic oxidation sites excluding steroid dienone is 1. The second-order valence-electron chi connectivity index (χ2n) is 14.6. The van der Waals surface area contributed by atoms with E-state index >= 15 is 0 Å². The van der Waals surface area contributed by atoms with E-state index in [4.69, 9.17) is 23.9 Å². The summed E-state index contributed by atoms with van der Waals surface area (Å²) in [5.41, 5.74) is 0.239. The number of alkyl carbamates (subject to hydrolysis) is 1. The van der Waals surface area contributed by atoms with Crippen molar-refractivity contribution in [3.8, 4) is 22.8 Å². The maximum Gasteiger partial charge on any atom is 0.408 e. The van der Waals surface area contributed by atoms with Gasteiger partial charge in [0.15, 0.2) is 0 Å². The Balaban J connectivity index is 1.35. The van der Waals surface area contributed by atoms with Gasteiger partial charge in [-0.1, -0.05) is 42.5 Å². The van der Waals surface area contributed by atoms with Crippen LogP contribution in [0.5, 0.6) is 11.5 Å². The standard InChI is InChI=1S/C40H48N4O8S/c1-6-50-37(47)40-22-26(40)15-11-8-12-18-53-24-32(42-38(48)52-39(2,3)4)36(46)44-23-28(20-33(44)35(45)43-40)51-34-21-30(25-13-9-7-10-14-25)41-31-19-27(49-5)16-17-29(31)34/h7,9-11,13-17,19,21,26,28,32-33H,6,8,12,18,20,22-24H2,1-5H3,(H,42,48)(H,43,45)/b15-11-. The van der Waals surface area contributed by atoms with E-state index in [1.807, 2.05) is 66.7 Å². The molecule has 2 N–H and O–H groups in total. The Morgan fingerprint density at radius 2 is 1.91 bits per heavy atom. The normalized spacial score (nSPS) is 25.5. The highest BCUT2D eigenvalue weighted by Crippen LogP contribution is 2.46. The van der Waals surface area contributed by atoms with E-state index < -0.39 is 53.2 Å². The zero-order valence-electron chi connectivity index (χ0n) is 30.9. The molecule has 1 aliphatic carbocycles. The molecule has 0 radical (unpaired) electrons. The van der Waals surface area contributed by atoms with Crippen LogP contribution in [0.1, 0.15) is 53.4 Å². The van der Waals surface area contributed by atoms with Gasteiger partial charge in [-0.25, -0.2) is 14.6 Å². The number of nitrogens with one attached hydrogen (secondary N) is 2. The summed E-state index contributed by atoms with van der Waals surface area (Å²) in [6.07, 6.45) is 4.82. The van der Waals surface area contributed by atoms with Crippen molar-refractivity contribution >= 4 is 46.5 Å². The largest absolute Gasteiger partial charge is 0.497 e. The molecule has 13 heteroatoms. The summed E-state index contributed by atoms with van der Waals surface area (Å²) in [6.45, 7) is 7.22. The highest BCUT2D eigenvalue weighted by Gasteiger charge is 2.62. The van der Waals surface area contributed by atoms with Crippen molar-refractivity contribution in [3.05, 3.63) is 66.7 Å². The number of pyridine rings is 1. The summed E-state index contributed by atoms with van der Waals surface area (Å²) < 4.78 is 23.2. The number of esters is 1. The van der Waals surface area contributed by atoms with Gasteiger partial charge in [-0.2, -0.15) is 11.8 Å². The fourth-order valence-electron chi connectivity index (χ4n) is 6.81. The third-order valence-electron chi connectivity index (χ3n) is 9.49. The van der Waals surface area contributed by atoms with Crippen molar-refractivity contribution in [1.82, 2.24) is 20.5 Å². The number of carbonyl (C=O) groups excluding carboxylic acids is 4. The molecule has 3 aliphatic rings. The lowest BCUT2D eigenvalue weighted by Crippen LogP contribution is -2.57. The summed E-state index contributed by atoms with van der Waals surface area (Å²) in [4.78, 5) is 61.5. The molecular weight excluding hydrogens is 697 g/mol. The van der Waals surface area contributed by atoms with Crippen LogP contribution in [-0.2, 0) is 23.9 Å². The fourth-order valence-corrected chi connectivity index (χ4v) is 7.81. The predicted molar refractivity (Wildman–Crippen MR) is 203 cm³/mol. The molecule has 2 aromatic carbocycles. The Kier molecular flexibility index (Phi) is 11.5. The van der Waals surface area contributed by atoms with Crippen LogP contribution in [0.3, 0.4) is 0 Å². The SMILES string of the molecule is CCOC(=O)C12CC1/C=C\CCCSCC(NC(=O)OC(C)(C)C)C(=O)N1CC(Oc3cc(-c4ccccc4)nc4cc(OC)ccc34)CC1C(=O)N2. The molecule has 3 amide bonds. The molecule has 1 saturated heterocycles. The lowest BCUT2D eigenvalue weighted by atomic mass is 10.1. The van der Waals surface area contributed by atoms with Crippen molar-refractivity contribution in [2.24, 2.45) is 5.92 Å². The first kappa shape index (κ1) is 38.0. The molecule has 282 valence electrons. The number of thioether (sulfide) groups is 1.